The van der Waals surface area contributed by atoms with E-state index in [1.807, 2.05) is 18.2 Å². The Kier molecular flexibility index (Phi) is 3.60. The average Bonchev–Trinajstić information content (AvgIpc) is 2.71. The molecule has 0 bridgehead atoms. The summed E-state index contributed by atoms with van der Waals surface area (Å²) in [5.41, 5.74) is 3.27. The zero-order valence-corrected chi connectivity index (χ0v) is 11.4. The van der Waals surface area contributed by atoms with Gasteiger partial charge in [0.15, 0.2) is 0 Å². The molecule has 0 fully saturated rings. The first-order valence-electron chi connectivity index (χ1n) is 6.47. The van der Waals surface area contributed by atoms with E-state index in [1.165, 1.54) is 5.56 Å². The van der Waals surface area contributed by atoms with Crippen LogP contribution in [-0.4, -0.2) is 17.5 Å². The van der Waals surface area contributed by atoms with Gasteiger partial charge in [-0.1, -0.05) is 38.1 Å². The van der Waals surface area contributed by atoms with Gasteiger partial charge >= 0.3 is 0 Å². The quantitative estimate of drug-likeness (QED) is 0.654. The maximum absolute atomic E-state index is 8.93. The minimum atomic E-state index is 0.287. The Hall–Kier alpha value is -1.51. The number of benzene rings is 1. The fraction of sp³-hybridized carbons (Fsp3) is 0.533. The van der Waals surface area contributed by atoms with Crippen LogP contribution in [0, 0.1) is 5.41 Å². The molecule has 0 aromatic heterocycles. The smallest absolute Gasteiger partial charge is 0.123 e. The zero-order chi connectivity index (χ0) is 13.2. The molecule has 1 aliphatic rings. The Bertz CT molecular complexity index is 458. The summed E-state index contributed by atoms with van der Waals surface area (Å²) in [5, 5.41) is 12.3. The van der Waals surface area contributed by atoms with Crippen LogP contribution in [-0.2, 0) is 6.42 Å². The van der Waals surface area contributed by atoms with Crippen LogP contribution in [0.4, 0.5) is 0 Å². The first-order valence-corrected chi connectivity index (χ1v) is 6.47. The summed E-state index contributed by atoms with van der Waals surface area (Å²) in [6.07, 6.45) is 2.73. The molecule has 98 valence electrons. The van der Waals surface area contributed by atoms with Crippen LogP contribution < -0.4 is 4.74 Å². The van der Waals surface area contributed by atoms with E-state index in [-0.39, 0.29) is 5.41 Å². The molecule has 3 heteroatoms. The van der Waals surface area contributed by atoms with Crippen LogP contribution >= 0.6 is 0 Å². The number of hydrogen-bond acceptors (Lipinski definition) is 3. The predicted molar refractivity (Wildman–Crippen MR) is 72.7 cm³/mol. The monoisotopic (exact) mass is 247 g/mol. The van der Waals surface area contributed by atoms with Crippen molar-refractivity contribution in [2.24, 2.45) is 10.6 Å². The molecular formula is C15H21NO2. The van der Waals surface area contributed by atoms with Gasteiger partial charge in [0.25, 0.3) is 0 Å². The molecule has 1 N–H and O–H groups in total. The van der Waals surface area contributed by atoms with Gasteiger partial charge < -0.3 is 9.94 Å². The van der Waals surface area contributed by atoms with E-state index >= 15 is 0 Å². The van der Waals surface area contributed by atoms with Gasteiger partial charge in [-0.15, -0.1) is 0 Å². The first kappa shape index (κ1) is 12.9. The minimum absolute atomic E-state index is 0.287. The van der Waals surface area contributed by atoms with E-state index in [0.717, 1.165) is 42.9 Å². The second-order valence-corrected chi connectivity index (χ2v) is 5.99. The molecule has 2 rings (SSSR count). The number of fused-ring (bicyclic) bond motifs is 1. The topological polar surface area (TPSA) is 41.8 Å². The van der Waals surface area contributed by atoms with Gasteiger partial charge in [0.1, 0.15) is 5.75 Å². The lowest BCUT2D eigenvalue weighted by atomic mass is 9.93. The van der Waals surface area contributed by atoms with Crippen LogP contribution in [0.5, 0.6) is 5.75 Å². The van der Waals surface area contributed by atoms with Crippen LogP contribution in [0.1, 0.15) is 44.7 Å². The Labute approximate surface area is 108 Å². The summed E-state index contributed by atoms with van der Waals surface area (Å²) >= 11 is 0. The highest BCUT2D eigenvalue weighted by Crippen LogP contribution is 2.31. The fourth-order valence-electron chi connectivity index (χ4n) is 2.18. The zero-order valence-electron chi connectivity index (χ0n) is 11.4. The molecule has 0 unspecified atom stereocenters. The van der Waals surface area contributed by atoms with Gasteiger partial charge in [0, 0.05) is 11.1 Å². The fourth-order valence-corrected chi connectivity index (χ4v) is 2.18. The van der Waals surface area contributed by atoms with Gasteiger partial charge in [0.2, 0.25) is 0 Å². The normalized spacial score (nSPS) is 16.9. The molecule has 0 heterocycles. The van der Waals surface area contributed by atoms with E-state index in [2.05, 4.69) is 25.9 Å². The molecule has 0 saturated heterocycles. The number of rotatable bonds is 3. The lowest BCUT2D eigenvalue weighted by Crippen LogP contribution is -2.11. The van der Waals surface area contributed by atoms with Crippen LogP contribution in [0.2, 0.25) is 0 Å². The SMILES string of the molecule is CC(C)(C)CCOc1cccc2c1CCC2=NO. The molecule has 1 aromatic carbocycles. The first-order chi connectivity index (χ1) is 8.51. The number of hydrogen-bond donors (Lipinski definition) is 1. The Morgan fingerprint density at radius 1 is 1.28 bits per heavy atom. The van der Waals surface area contributed by atoms with Crippen LogP contribution in [0.15, 0.2) is 23.4 Å². The molecule has 1 aromatic rings. The highest BCUT2D eigenvalue weighted by molar-refractivity contribution is 6.04. The molecule has 18 heavy (non-hydrogen) atoms. The maximum Gasteiger partial charge on any atom is 0.123 e. The van der Waals surface area contributed by atoms with E-state index in [1.54, 1.807) is 0 Å². The van der Waals surface area contributed by atoms with Crippen molar-refractivity contribution < 1.29 is 9.94 Å². The third-order valence-electron chi connectivity index (χ3n) is 3.29. The summed E-state index contributed by atoms with van der Waals surface area (Å²) in [7, 11) is 0. The highest BCUT2D eigenvalue weighted by Gasteiger charge is 2.22. The second kappa shape index (κ2) is 5.01. The lowest BCUT2D eigenvalue weighted by molar-refractivity contribution is 0.241. The van der Waals surface area contributed by atoms with E-state index in [9.17, 15) is 0 Å². The van der Waals surface area contributed by atoms with Gasteiger partial charge in [-0.05, 0) is 30.7 Å². The van der Waals surface area contributed by atoms with Crippen molar-refractivity contribution in [2.75, 3.05) is 6.61 Å². The Morgan fingerprint density at radius 3 is 2.72 bits per heavy atom. The molecule has 0 amide bonds. The van der Waals surface area contributed by atoms with Crippen molar-refractivity contribution in [1.29, 1.82) is 0 Å². The van der Waals surface area contributed by atoms with E-state index in [0.29, 0.717) is 0 Å². The van der Waals surface area contributed by atoms with Crippen molar-refractivity contribution in [2.45, 2.75) is 40.0 Å². The van der Waals surface area contributed by atoms with E-state index in [4.69, 9.17) is 9.94 Å². The maximum atomic E-state index is 8.93. The third kappa shape index (κ3) is 2.84. The third-order valence-corrected chi connectivity index (χ3v) is 3.29. The molecule has 0 saturated carbocycles. The molecule has 0 atom stereocenters. The average molecular weight is 247 g/mol. The number of oxime groups is 1. The van der Waals surface area contributed by atoms with Gasteiger partial charge in [-0.25, -0.2) is 0 Å². The minimum Gasteiger partial charge on any atom is -0.493 e. The summed E-state index contributed by atoms with van der Waals surface area (Å²) in [4.78, 5) is 0. The van der Waals surface area contributed by atoms with Crippen LogP contribution in [0.3, 0.4) is 0 Å². The standard InChI is InChI=1S/C15H21NO2/c1-15(2,3)9-10-18-14-6-4-5-11-12(14)7-8-13(11)16-17/h4-6,17H,7-10H2,1-3H3. The highest BCUT2D eigenvalue weighted by atomic mass is 16.5. The molecule has 0 spiro atoms. The van der Waals surface area contributed by atoms with Crippen molar-refractivity contribution in [3.63, 3.8) is 0 Å². The van der Waals surface area contributed by atoms with Crippen LogP contribution in [0.25, 0.3) is 0 Å². The lowest BCUT2D eigenvalue weighted by Gasteiger charge is -2.19. The van der Waals surface area contributed by atoms with Gasteiger partial charge in [-0.3, -0.25) is 0 Å². The van der Waals surface area contributed by atoms with Gasteiger partial charge in [-0.2, -0.15) is 0 Å². The van der Waals surface area contributed by atoms with Crippen molar-refractivity contribution in [1.82, 2.24) is 0 Å². The predicted octanol–water partition coefficient (Wildman–Crippen LogP) is 3.63. The van der Waals surface area contributed by atoms with Crippen molar-refractivity contribution in [3.8, 4) is 5.75 Å². The molecule has 3 nitrogen and oxygen atoms in total. The number of ether oxygens (including phenoxy) is 1. The van der Waals surface area contributed by atoms with Crippen molar-refractivity contribution in [3.05, 3.63) is 29.3 Å². The molecule has 0 radical (unpaired) electrons. The summed E-state index contributed by atoms with van der Waals surface area (Å²) < 4.78 is 5.88. The summed E-state index contributed by atoms with van der Waals surface area (Å²) in [6.45, 7) is 7.36. The molecule has 1 aliphatic carbocycles. The van der Waals surface area contributed by atoms with Crippen molar-refractivity contribution >= 4 is 5.71 Å². The summed E-state index contributed by atoms with van der Waals surface area (Å²) in [6, 6.07) is 5.96. The van der Waals surface area contributed by atoms with Gasteiger partial charge in [0.05, 0.1) is 12.3 Å². The Morgan fingerprint density at radius 2 is 2.06 bits per heavy atom. The molecular weight excluding hydrogens is 226 g/mol. The largest absolute Gasteiger partial charge is 0.493 e. The summed E-state index contributed by atoms with van der Waals surface area (Å²) in [5.74, 6) is 0.940. The molecule has 0 aliphatic heterocycles. The second-order valence-electron chi connectivity index (χ2n) is 5.99. The number of nitrogens with zero attached hydrogens (tertiary/aromatic N) is 1. The Balaban J connectivity index is 2.09. The van der Waals surface area contributed by atoms with E-state index < -0.39 is 0 Å².